The minimum absolute atomic E-state index is 0.0547. The van der Waals surface area contributed by atoms with Gasteiger partial charge in [0.1, 0.15) is 0 Å². The minimum Gasteiger partial charge on any atom is -0.376 e. The molecule has 0 bridgehead atoms. The molecule has 0 unspecified atom stereocenters. The minimum atomic E-state index is -3.16. The highest BCUT2D eigenvalue weighted by Gasteiger charge is 2.45. The van der Waals surface area contributed by atoms with Crippen LogP contribution in [0.1, 0.15) is 12.8 Å². The number of aromatic nitrogens is 2. The Morgan fingerprint density at radius 3 is 2.74 bits per heavy atom. The second-order valence-electron chi connectivity index (χ2n) is 6.49. The van der Waals surface area contributed by atoms with E-state index in [-0.39, 0.29) is 23.2 Å². The first-order valence-corrected chi connectivity index (χ1v) is 9.40. The van der Waals surface area contributed by atoms with Crippen LogP contribution in [0, 0.1) is 17.7 Å². The third kappa shape index (κ3) is 3.05. The Morgan fingerprint density at radius 2 is 2.04 bits per heavy atom. The lowest BCUT2D eigenvalue weighted by atomic mass is 9.93. The summed E-state index contributed by atoms with van der Waals surface area (Å²) in [7, 11) is -3.16. The molecule has 2 aliphatic heterocycles. The van der Waals surface area contributed by atoms with Crippen molar-refractivity contribution in [2.45, 2.75) is 24.2 Å². The fourth-order valence-corrected chi connectivity index (χ4v) is 4.80. The molecule has 1 aliphatic carbocycles. The van der Waals surface area contributed by atoms with E-state index in [1.54, 1.807) is 0 Å². The molecule has 2 saturated heterocycles. The van der Waals surface area contributed by atoms with E-state index in [2.05, 4.69) is 14.7 Å². The van der Waals surface area contributed by atoms with Gasteiger partial charge in [-0.25, -0.2) is 27.5 Å². The molecule has 0 spiro atoms. The number of ether oxygens (including phenoxy) is 1. The van der Waals surface area contributed by atoms with Crippen LogP contribution >= 0.6 is 0 Å². The Balaban J connectivity index is 1.38. The zero-order valence-corrected chi connectivity index (χ0v) is 13.4. The predicted molar refractivity (Wildman–Crippen MR) is 80.9 cm³/mol. The van der Waals surface area contributed by atoms with E-state index in [1.807, 2.05) is 4.90 Å². The van der Waals surface area contributed by atoms with Crippen LogP contribution in [0.15, 0.2) is 12.4 Å². The Morgan fingerprint density at radius 1 is 1.30 bits per heavy atom. The molecule has 1 aromatic rings. The molecule has 1 aromatic heterocycles. The number of rotatable bonds is 5. The van der Waals surface area contributed by atoms with Crippen molar-refractivity contribution < 1.29 is 17.5 Å². The van der Waals surface area contributed by atoms with Gasteiger partial charge in [-0.1, -0.05) is 0 Å². The molecule has 4 rings (SSSR count). The van der Waals surface area contributed by atoms with Gasteiger partial charge in [-0.3, -0.25) is 0 Å². The van der Waals surface area contributed by atoms with Crippen molar-refractivity contribution >= 4 is 16.0 Å². The molecule has 0 amide bonds. The molecule has 3 fully saturated rings. The monoisotopic (exact) mass is 342 g/mol. The molecule has 7 nitrogen and oxygen atoms in total. The van der Waals surface area contributed by atoms with Gasteiger partial charge in [0.15, 0.2) is 5.82 Å². The number of nitrogens with one attached hydrogen (secondary N) is 1. The lowest BCUT2D eigenvalue weighted by Gasteiger charge is -2.19. The molecule has 0 aromatic carbocycles. The molecule has 3 heterocycles. The molecule has 3 aliphatic rings. The van der Waals surface area contributed by atoms with E-state index < -0.39 is 15.8 Å². The zero-order valence-electron chi connectivity index (χ0n) is 12.6. The second kappa shape index (κ2) is 5.64. The van der Waals surface area contributed by atoms with Crippen LogP contribution in [0.4, 0.5) is 10.3 Å². The molecule has 23 heavy (non-hydrogen) atoms. The third-order valence-corrected chi connectivity index (χ3v) is 6.76. The number of nitrogens with zero attached hydrogens (tertiary/aromatic N) is 3. The summed E-state index contributed by atoms with van der Waals surface area (Å²) in [5.74, 6) is 0.419. The third-order valence-electron chi connectivity index (χ3n) is 4.84. The van der Waals surface area contributed by atoms with Gasteiger partial charge in [-0.15, -0.1) is 0 Å². The number of fused-ring (bicyclic) bond motifs is 1. The average Bonchev–Trinajstić information content (AvgIpc) is 3.20. The van der Waals surface area contributed by atoms with Gasteiger partial charge >= 0.3 is 0 Å². The van der Waals surface area contributed by atoms with Crippen molar-refractivity contribution in [3.8, 4) is 0 Å². The summed E-state index contributed by atoms with van der Waals surface area (Å²) < 4.78 is 45.3. The molecule has 0 radical (unpaired) electrons. The van der Waals surface area contributed by atoms with Crippen molar-refractivity contribution in [3.05, 3.63) is 18.2 Å². The fraction of sp³-hybridized carbons (Fsp3) is 0.714. The van der Waals surface area contributed by atoms with Crippen LogP contribution in [-0.4, -0.2) is 56.0 Å². The molecule has 1 N–H and O–H groups in total. The van der Waals surface area contributed by atoms with E-state index in [9.17, 15) is 12.8 Å². The van der Waals surface area contributed by atoms with Crippen LogP contribution in [0.3, 0.4) is 0 Å². The zero-order chi connectivity index (χ0) is 16.0. The van der Waals surface area contributed by atoms with Gasteiger partial charge in [0, 0.05) is 31.5 Å². The van der Waals surface area contributed by atoms with Crippen molar-refractivity contribution in [3.63, 3.8) is 0 Å². The Hall–Kier alpha value is -1.32. The molecular weight excluding hydrogens is 323 g/mol. The Bertz CT molecular complexity index is 680. The molecule has 3 atom stereocenters. The normalized spacial score (nSPS) is 30.7. The quantitative estimate of drug-likeness (QED) is 0.820. The molecule has 1 saturated carbocycles. The van der Waals surface area contributed by atoms with E-state index in [1.165, 1.54) is 0 Å². The van der Waals surface area contributed by atoms with E-state index in [4.69, 9.17) is 4.74 Å². The summed E-state index contributed by atoms with van der Waals surface area (Å²) in [6.45, 7) is 2.34. The summed E-state index contributed by atoms with van der Waals surface area (Å²) in [6.07, 6.45) is 3.88. The summed E-state index contributed by atoms with van der Waals surface area (Å²) >= 11 is 0. The number of halogens is 1. The van der Waals surface area contributed by atoms with Gasteiger partial charge in [0.25, 0.3) is 0 Å². The topological polar surface area (TPSA) is 84.4 Å². The van der Waals surface area contributed by atoms with Crippen LogP contribution in [0.5, 0.6) is 0 Å². The van der Waals surface area contributed by atoms with Crippen LogP contribution in [-0.2, 0) is 14.8 Å². The molecule has 9 heteroatoms. The smallest absolute Gasteiger partial charge is 0.225 e. The molecule has 126 valence electrons. The Kier molecular flexibility index (Phi) is 3.73. The maximum Gasteiger partial charge on any atom is 0.225 e. The first-order valence-electron chi connectivity index (χ1n) is 7.85. The average molecular weight is 342 g/mol. The second-order valence-corrected chi connectivity index (χ2v) is 8.54. The standard InChI is InChI=1S/C14H19FN4O3S/c15-10-4-16-14(17-5-10)19-6-12-9(8-22-13(12)7-19)3-18-23(20,21)11-1-2-11/h4-5,9,11-13,18H,1-3,6-8H2/t9-,12-,13-/m1/s1. The van der Waals surface area contributed by atoms with Gasteiger partial charge in [0.2, 0.25) is 16.0 Å². The van der Waals surface area contributed by atoms with Crippen molar-refractivity contribution in [1.29, 1.82) is 0 Å². The van der Waals surface area contributed by atoms with Gasteiger partial charge < -0.3 is 9.64 Å². The first kappa shape index (κ1) is 15.2. The lowest BCUT2D eigenvalue weighted by molar-refractivity contribution is 0.111. The summed E-state index contributed by atoms with van der Waals surface area (Å²) in [6, 6.07) is 0. The van der Waals surface area contributed by atoms with Crippen molar-refractivity contribution in [1.82, 2.24) is 14.7 Å². The number of hydrogen-bond acceptors (Lipinski definition) is 6. The number of sulfonamides is 1. The van der Waals surface area contributed by atoms with Crippen molar-refractivity contribution in [2.24, 2.45) is 11.8 Å². The van der Waals surface area contributed by atoms with E-state index in [0.717, 1.165) is 25.2 Å². The van der Waals surface area contributed by atoms with E-state index in [0.29, 0.717) is 32.2 Å². The van der Waals surface area contributed by atoms with E-state index >= 15 is 0 Å². The van der Waals surface area contributed by atoms with Crippen LogP contribution in [0.25, 0.3) is 0 Å². The maximum absolute atomic E-state index is 12.9. The number of anilines is 1. The molecular formula is C14H19FN4O3S. The van der Waals surface area contributed by atoms with Gasteiger partial charge in [-0.05, 0) is 12.8 Å². The van der Waals surface area contributed by atoms with Crippen LogP contribution in [0.2, 0.25) is 0 Å². The largest absolute Gasteiger partial charge is 0.376 e. The highest BCUT2D eigenvalue weighted by atomic mass is 32.2. The maximum atomic E-state index is 12.9. The van der Waals surface area contributed by atoms with Gasteiger partial charge in [-0.2, -0.15) is 0 Å². The fourth-order valence-electron chi connectivity index (χ4n) is 3.36. The number of hydrogen-bond donors (Lipinski definition) is 1. The Labute approximate surface area is 134 Å². The summed E-state index contributed by atoms with van der Waals surface area (Å²) in [5.41, 5.74) is 0. The summed E-state index contributed by atoms with van der Waals surface area (Å²) in [5, 5.41) is -0.201. The SMILES string of the molecule is O=S(=O)(NC[C@@H]1CO[C@@H]2CN(c3ncc(F)cn3)C[C@H]12)C1CC1. The highest BCUT2D eigenvalue weighted by Crippen LogP contribution is 2.35. The first-order chi connectivity index (χ1) is 11.0. The van der Waals surface area contributed by atoms with Crippen LogP contribution < -0.4 is 9.62 Å². The van der Waals surface area contributed by atoms with Crippen molar-refractivity contribution in [2.75, 3.05) is 31.1 Å². The predicted octanol–water partition coefficient (Wildman–Crippen LogP) is 0.149. The van der Waals surface area contributed by atoms with Gasteiger partial charge in [0.05, 0.1) is 30.4 Å². The highest BCUT2D eigenvalue weighted by molar-refractivity contribution is 7.90. The summed E-state index contributed by atoms with van der Waals surface area (Å²) in [4.78, 5) is 9.97. The lowest BCUT2D eigenvalue weighted by Crippen LogP contribution is -2.36.